The van der Waals surface area contributed by atoms with Crippen molar-refractivity contribution in [2.24, 2.45) is 0 Å². The van der Waals surface area contributed by atoms with E-state index in [0.717, 1.165) is 19.0 Å². The summed E-state index contributed by atoms with van der Waals surface area (Å²) in [6.07, 6.45) is 3.75. The van der Waals surface area contributed by atoms with Gasteiger partial charge in [-0.2, -0.15) is 0 Å². The fourth-order valence-electron chi connectivity index (χ4n) is 1.92. The summed E-state index contributed by atoms with van der Waals surface area (Å²) in [4.78, 5) is 0. The number of halogens is 1. The fourth-order valence-corrected chi connectivity index (χ4v) is 1.92. The van der Waals surface area contributed by atoms with E-state index in [1.807, 2.05) is 12.1 Å². The van der Waals surface area contributed by atoms with Gasteiger partial charge in [-0.05, 0) is 48.9 Å². The van der Waals surface area contributed by atoms with E-state index in [0.29, 0.717) is 0 Å². The minimum Gasteiger partial charge on any atom is -0.314 e. The molecule has 1 aliphatic rings. The van der Waals surface area contributed by atoms with Gasteiger partial charge < -0.3 is 5.32 Å². The zero-order chi connectivity index (χ0) is 11.6. The van der Waals surface area contributed by atoms with E-state index in [1.54, 1.807) is 12.1 Å². The minimum atomic E-state index is -0.157. The van der Waals surface area contributed by atoms with Crippen molar-refractivity contribution in [1.82, 2.24) is 5.32 Å². The van der Waals surface area contributed by atoms with Crippen molar-refractivity contribution < 1.29 is 4.39 Å². The third-order valence-corrected chi connectivity index (χ3v) is 3.39. The first kappa shape index (κ1) is 11.6. The Bertz CT molecular complexity index is 338. The lowest BCUT2D eigenvalue weighted by atomic mass is 9.81. The molecular weight excluding hydrogens is 201 g/mol. The van der Waals surface area contributed by atoms with E-state index < -0.39 is 0 Å². The number of rotatable bonds is 5. The Labute approximate surface area is 97.1 Å². The molecule has 1 saturated carbocycles. The van der Waals surface area contributed by atoms with E-state index in [2.05, 4.69) is 19.2 Å². The van der Waals surface area contributed by atoms with Crippen molar-refractivity contribution in [3.05, 3.63) is 35.6 Å². The van der Waals surface area contributed by atoms with Crippen LogP contribution in [0.2, 0.25) is 0 Å². The fraction of sp³-hybridized carbons (Fsp3) is 0.571. The second kappa shape index (κ2) is 4.54. The third kappa shape index (κ3) is 3.05. The number of benzene rings is 1. The van der Waals surface area contributed by atoms with Crippen molar-refractivity contribution in [1.29, 1.82) is 0 Å². The van der Waals surface area contributed by atoms with Gasteiger partial charge in [0.05, 0.1) is 0 Å². The van der Waals surface area contributed by atoms with Gasteiger partial charge in [0.1, 0.15) is 5.82 Å². The number of hydrogen-bond donors (Lipinski definition) is 1. The third-order valence-electron chi connectivity index (χ3n) is 3.39. The Morgan fingerprint density at radius 3 is 2.44 bits per heavy atom. The van der Waals surface area contributed by atoms with Crippen LogP contribution in [0.25, 0.3) is 0 Å². The van der Waals surface area contributed by atoms with Crippen molar-refractivity contribution >= 4 is 0 Å². The van der Waals surface area contributed by atoms with Crippen LogP contribution in [0.5, 0.6) is 0 Å². The van der Waals surface area contributed by atoms with Crippen molar-refractivity contribution in [2.45, 2.75) is 44.6 Å². The van der Waals surface area contributed by atoms with Crippen LogP contribution in [-0.4, -0.2) is 12.6 Å². The monoisotopic (exact) mass is 221 g/mol. The van der Waals surface area contributed by atoms with Gasteiger partial charge >= 0.3 is 0 Å². The molecule has 0 radical (unpaired) electrons. The SMILES string of the molecule is CC(C)(CCNC1CC1)c1ccc(F)cc1. The number of nitrogens with one attached hydrogen (secondary N) is 1. The molecule has 0 spiro atoms. The maximum atomic E-state index is 12.8. The second-order valence-electron chi connectivity index (χ2n) is 5.37. The van der Waals surface area contributed by atoms with E-state index >= 15 is 0 Å². The second-order valence-corrected chi connectivity index (χ2v) is 5.37. The summed E-state index contributed by atoms with van der Waals surface area (Å²) in [5.74, 6) is -0.157. The van der Waals surface area contributed by atoms with Gasteiger partial charge in [-0.25, -0.2) is 4.39 Å². The molecule has 0 bridgehead atoms. The lowest BCUT2D eigenvalue weighted by Gasteiger charge is -2.25. The summed E-state index contributed by atoms with van der Waals surface area (Å²) in [6.45, 7) is 5.48. The minimum absolute atomic E-state index is 0.121. The molecule has 1 fully saturated rings. The van der Waals surface area contributed by atoms with Crippen LogP contribution >= 0.6 is 0 Å². The van der Waals surface area contributed by atoms with Crippen molar-refractivity contribution in [3.8, 4) is 0 Å². The smallest absolute Gasteiger partial charge is 0.123 e. The van der Waals surface area contributed by atoms with E-state index in [1.165, 1.54) is 18.4 Å². The van der Waals surface area contributed by atoms with Crippen LogP contribution < -0.4 is 5.32 Å². The van der Waals surface area contributed by atoms with E-state index in [4.69, 9.17) is 0 Å². The average molecular weight is 221 g/mol. The maximum Gasteiger partial charge on any atom is 0.123 e. The molecule has 0 heterocycles. The summed E-state index contributed by atoms with van der Waals surface area (Å²) >= 11 is 0. The van der Waals surface area contributed by atoms with Gasteiger partial charge in [-0.1, -0.05) is 26.0 Å². The Balaban J connectivity index is 1.91. The molecule has 1 aromatic carbocycles. The standard InChI is InChI=1S/C14H20FN/c1-14(2,9-10-16-13-7-8-13)11-3-5-12(15)6-4-11/h3-6,13,16H,7-10H2,1-2H3. The molecule has 16 heavy (non-hydrogen) atoms. The Morgan fingerprint density at radius 2 is 1.88 bits per heavy atom. The van der Waals surface area contributed by atoms with E-state index in [9.17, 15) is 4.39 Å². The van der Waals surface area contributed by atoms with Gasteiger partial charge in [0.2, 0.25) is 0 Å². The Hall–Kier alpha value is -0.890. The first-order valence-electron chi connectivity index (χ1n) is 6.07. The van der Waals surface area contributed by atoms with Gasteiger partial charge in [-0.3, -0.25) is 0 Å². The highest BCUT2D eigenvalue weighted by atomic mass is 19.1. The highest BCUT2D eigenvalue weighted by Crippen LogP contribution is 2.27. The summed E-state index contributed by atoms with van der Waals surface area (Å²) in [7, 11) is 0. The topological polar surface area (TPSA) is 12.0 Å². The molecule has 2 heteroatoms. The predicted octanol–water partition coefficient (Wildman–Crippen LogP) is 3.25. The molecule has 2 rings (SSSR count). The first-order chi connectivity index (χ1) is 7.58. The lowest BCUT2D eigenvalue weighted by molar-refractivity contribution is 0.455. The van der Waals surface area contributed by atoms with Gasteiger partial charge in [0.15, 0.2) is 0 Å². The summed E-state index contributed by atoms with van der Waals surface area (Å²) in [6, 6.07) is 7.65. The van der Waals surface area contributed by atoms with Gasteiger partial charge in [-0.15, -0.1) is 0 Å². The summed E-state index contributed by atoms with van der Waals surface area (Å²) < 4.78 is 12.8. The molecule has 1 N–H and O–H groups in total. The average Bonchev–Trinajstić information content (AvgIpc) is 3.02. The first-order valence-corrected chi connectivity index (χ1v) is 6.07. The molecule has 0 saturated heterocycles. The van der Waals surface area contributed by atoms with Gasteiger partial charge in [0.25, 0.3) is 0 Å². The molecule has 0 aromatic heterocycles. The highest BCUT2D eigenvalue weighted by Gasteiger charge is 2.23. The molecule has 1 nitrogen and oxygen atoms in total. The van der Waals surface area contributed by atoms with E-state index in [-0.39, 0.29) is 11.2 Å². The Kier molecular flexibility index (Phi) is 3.29. The summed E-state index contributed by atoms with van der Waals surface area (Å²) in [5, 5.41) is 3.52. The van der Waals surface area contributed by atoms with Crippen LogP contribution in [-0.2, 0) is 5.41 Å². The molecule has 0 aliphatic heterocycles. The van der Waals surface area contributed by atoms with Crippen molar-refractivity contribution in [2.75, 3.05) is 6.54 Å². The van der Waals surface area contributed by atoms with Crippen LogP contribution in [0.15, 0.2) is 24.3 Å². The molecule has 1 aromatic rings. The molecular formula is C14H20FN. The normalized spacial score (nSPS) is 16.4. The van der Waals surface area contributed by atoms with Crippen LogP contribution in [0.1, 0.15) is 38.7 Å². The lowest BCUT2D eigenvalue weighted by Crippen LogP contribution is -2.26. The molecule has 88 valence electrons. The van der Waals surface area contributed by atoms with Gasteiger partial charge in [0, 0.05) is 6.04 Å². The largest absolute Gasteiger partial charge is 0.314 e. The van der Waals surface area contributed by atoms with Crippen LogP contribution in [0.3, 0.4) is 0 Å². The predicted molar refractivity (Wildman–Crippen MR) is 65.1 cm³/mol. The zero-order valence-electron chi connectivity index (χ0n) is 10.1. The summed E-state index contributed by atoms with van der Waals surface area (Å²) in [5.41, 5.74) is 1.33. The molecule has 0 atom stereocenters. The Morgan fingerprint density at radius 1 is 1.25 bits per heavy atom. The molecule has 1 aliphatic carbocycles. The maximum absolute atomic E-state index is 12.8. The highest BCUT2D eigenvalue weighted by molar-refractivity contribution is 5.24. The zero-order valence-corrected chi connectivity index (χ0v) is 10.1. The molecule has 0 amide bonds. The number of hydrogen-bond acceptors (Lipinski definition) is 1. The molecule has 0 unspecified atom stereocenters. The quantitative estimate of drug-likeness (QED) is 0.805. The van der Waals surface area contributed by atoms with Crippen LogP contribution in [0.4, 0.5) is 4.39 Å². The van der Waals surface area contributed by atoms with Crippen molar-refractivity contribution in [3.63, 3.8) is 0 Å². The van der Waals surface area contributed by atoms with Crippen LogP contribution in [0, 0.1) is 5.82 Å².